The molecule has 21 heavy (non-hydrogen) atoms. The summed E-state index contributed by atoms with van der Waals surface area (Å²) in [4.78, 5) is 0.379. The molecule has 0 atom stereocenters. The van der Waals surface area contributed by atoms with E-state index in [9.17, 15) is 0 Å². The summed E-state index contributed by atoms with van der Waals surface area (Å²) in [5.74, 6) is 0.779. The summed E-state index contributed by atoms with van der Waals surface area (Å²) in [6, 6.07) is 7.50. The highest BCUT2D eigenvalue weighted by molar-refractivity contribution is 7.80. The molecular weight excluding hydrogens is 286 g/mol. The van der Waals surface area contributed by atoms with Gasteiger partial charge in [-0.1, -0.05) is 24.4 Å². The minimum atomic E-state index is -0.127. The zero-order valence-corrected chi connectivity index (χ0v) is 13.9. The molecule has 0 fully saturated rings. The molecule has 4 nitrogen and oxygen atoms in total. The molecule has 1 aromatic rings. The molecule has 1 rings (SSSR count). The number of benzene rings is 1. The number of methoxy groups -OCH3 is 1. The monoisotopic (exact) mass is 311 g/mol. The van der Waals surface area contributed by atoms with Gasteiger partial charge in [0.25, 0.3) is 0 Å². The number of hydrogen-bond acceptors (Lipinski definition) is 4. The minimum Gasteiger partial charge on any atom is -0.493 e. The Kier molecular flexibility index (Phi) is 7.64. The molecule has 0 heterocycles. The second kappa shape index (κ2) is 8.97. The van der Waals surface area contributed by atoms with Gasteiger partial charge >= 0.3 is 0 Å². The largest absolute Gasteiger partial charge is 0.493 e. The topological polar surface area (TPSA) is 53.7 Å². The predicted molar refractivity (Wildman–Crippen MR) is 89.0 cm³/mol. The van der Waals surface area contributed by atoms with Gasteiger partial charge in [0.2, 0.25) is 0 Å². The van der Waals surface area contributed by atoms with Gasteiger partial charge in [0, 0.05) is 32.3 Å². The fourth-order valence-corrected chi connectivity index (χ4v) is 1.74. The Morgan fingerprint density at radius 1 is 1.24 bits per heavy atom. The highest BCUT2D eigenvalue weighted by Crippen LogP contribution is 2.14. The molecule has 0 saturated carbocycles. The first-order valence-electron chi connectivity index (χ1n) is 7.10. The van der Waals surface area contributed by atoms with Gasteiger partial charge in [-0.25, -0.2) is 0 Å². The first kappa shape index (κ1) is 17.9. The van der Waals surface area contributed by atoms with Gasteiger partial charge in [0.1, 0.15) is 10.7 Å². The molecule has 1 aromatic carbocycles. The first-order valence-corrected chi connectivity index (χ1v) is 7.51. The Bertz CT molecular complexity index is 449. The quantitative estimate of drug-likeness (QED) is 0.532. The Balaban J connectivity index is 2.14. The van der Waals surface area contributed by atoms with Crippen molar-refractivity contribution < 1.29 is 14.2 Å². The van der Waals surface area contributed by atoms with Gasteiger partial charge in [-0.15, -0.1) is 0 Å². The Hall–Kier alpha value is -1.17. The summed E-state index contributed by atoms with van der Waals surface area (Å²) in [6.45, 7) is 6.07. The number of thiocarbonyl (C=S) groups is 1. The molecule has 0 aliphatic heterocycles. The van der Waals surface area contributed by atoms with Crippen LogP contribution in [0, 0.1) is 0 Å². The summed E-state index contributed by atoms with van der Waals surface area (Å²) in [5.41, 5.74) is 6.28. The number of ether oxygens (including phenoxy) is 3. The number of nitrogens with two attached hydrogens (primary N) is 1. The van der Waals surface area contributed by atoms with Crippen molar-refractivity contribution in [1.82, 2.24) is 0 Å². The van der Waals surface area contributed by atoms with Crippen molar-refractivity contribution in [3.8, 4) is 5.75 Å². The molecule has 118 valence electrons. The SMILES string of the molecule is COC(C)(C)CCOCCCOc1cccc(C(N)=S)c1. The van der Waals surface area contributed by atoms with Crippen LogP contribution in [0.3, 0.4) is 0 Å². The van der Waals surface area contributed by atoms with E-state index < -0.39 is 0 Å². The van der Waals surface area contributed by atoms with E-state index in [2.05, 4.69) is 0 Å². The normalized spacial score (nSPS) is 11.4. The van der Waals surface area contributed by atoms with Crippen LogP contribution in [-0.4, -0.2) is 37.5 Å². The Morgan fingerprint density at radius 2 is 2.00 bits per heavy atom. The van der Waals surface area contributed by atoms with Crippen molar-refractivity contribution in [2.24, 2.45) is 5.73 Å². The van der Waals surface area contributed by atoms with Crippen molar-refractivity contribution in [1.29, 1.82) is 0 Å². The van der Waals surface area contributed by atoms with Crippen LogP contribution in [0.15, 0.2) is 24.3 Å². The summed E-state index contributed by atoms with van der Waals surface area (Å²) in [7, 11) is 1.72. The van der Waals surface area contributed by atoms with E-state index in [0.29, 0.717) is 24.8 Å². The van der Waals surface area contributed by atoms with Crippen LogP contribution in [0.25, 0.3) is 0 Å². The van der Waals surface area contributed by atoms with Crippen molar-refractivity contribution in [3.63, 3.8) is 0 Å². The summed E-state index contributed by atoms with van der Waals surface area (Å²) in [6.07, 6.45) is 1.71. The van der Waals surface area contributed by atoms with E-state index in [-0.39, 0.29) is 5.60 Å². The van der Waals surface area contributed by atoms with E-state index in [1.54, 1.807) is 7.11 Å². The predicted octanol–water partition coefficient (Wildman–Crippen LogP) is 2.92. The van der Waals surface area contributed by atoms with Gasteiger partial charge in [-0.05, 0) is 32.4 Å². The lowest BCUT2D eigenvalue weighted by Crippen LogP contribution is -2.24. The molecule has 2 N–H and O–H groups in total. The van der Waals surface area contributed by atoms with E-state index in [0.717, 1.165) is 24.2 Å². The third kappa shape index (κ3) is 7.41. The highest BCUT2D eigenvalue weighted by Gasteiger charge is 2.15. The lowest BCUT2D eigenvalue weighted by Gasteiger charge is -2.22. The molecule has 0 amide bonds. The van der Waals surface area contributed by atoms with Crippen LogP contribution in [0.1, 0.15) is 32.3 Å². The van der Waals surface area contributed by atoms with Crippen LogP contribution in [0.4, 0.5) is 0 Å². The van der Waals surface area contributed by atoms with E-state index in [1.165, 1.54) is 0 Å². The van der Waals surface area contributed by atoms with Crippen LogP contribution in [0.5, 0.6) is 5.75 Å². The lowest BCUT2D eigenvalue weighted by atomic mass is 10.1. The smallest absolute Gasteiger partial charge is 0.119 e. The molecule has 0 aromatic heterocycles. The molecule has 0 saturated heterocycles. The van der Waals surface area contributed by atoms with Crippen LogP contribution >= 0.6 is 12.2 Å². The minimum absolute atomic E-state index is 0.127. The van der Waals surface area contributed by atoms with E-state index in [4.69, 9.17) is 32.2 Å². The van der Waals surface area contributed by atoms with Crippen LogP contribution < -0.4 is 10.5 Å². The maximum Gasteiger partial charge on any atom is 0.119 e. The van der Waals surface area contributed by atoms with Gasteiger partial charge in [0.15, 0.2) is 0 Å². The summed E-state index contributed by atoms with van der Waals surface area (Å²) in [5, 5.41) is 0. The van der Waals surface area contributed by atoms with Gasteiger partial charge in [0.05, 0.1) is 12.2 Å². The second-order valence-corrected chi connectivity index (χ2v) is 5.86. The zero-order valence-electron chi connectivity index (χ0n) is 13.1. The van der Waals surface area contributed by atoms with Crippen molar-refractivity contribution in [3.05, 3.63) is 29.8 Å². The van der Waals surface area contributed by atoms with Crippen molar-refractivity contribution in [2.75, 3.05) is 26.9 Å². The van der Waals surface area contributed by atoms with Crippen molar-refractivity contribution in [2.45, 2.75) is 32.3 Å². The molecule has 0 aliphatic rings. The Labute approximate surface area is 132 Å². The fraction of sp³-hybridized carbons (Fsp3) is 0.562. The molecule has 5 heteroatoms. The average molecular weight is 311 g/mol. The maximum atomic E-state index is 5.65. The van der Waals surface area contributed by atoms with Gasteiger partial charge < -0.3 is 19.9 Å². The molecule has 0 unspecified atom stereocenters. The zero-order chi connectivity index (χ0) is 15.7. The summed E-state index contributed by atoms with van der Waals surface area (Å²) < 4.78 is 16.5. The third-order valence-electron chi connectivity index (χ3n) is 3.22. The lowest BCUT2D eigenvalue weighted by molar-refractivity contribution is -0.0107. The van der Waals surface area contributed by atoms with E-state index >= 15 is 0 Å². The number of rotatable bonds is 10. The highest BCUT2D eigenvalue weighted by atomic mass is 32.1. The van der Waals surface area contributed by atoms with Gasteiger partial charge in [-0.3, -0.25) is 0 Å². The average Bonchev–Trinajstić information content (AvgIpc) is 2.46. The summed E-state index contributed by atoms with van der Waals surface area (Å²) >= 11 is 4.94. The van der Waals surface area contributed by atoms with Gasteiger partial charge in [-0.2, -0.15) is 0 Å². The molecule has 0 radical (unpaired) electrons. The number of hydrogen-bond donors (Lipinski definition) is 1. The van der Waals surface area contributed by atoms with Crippen LogP contribution in [-0.2, 0) is 9.47 Å². The Morgan fingerprint density at radius 3 is 2.67 bits per heavy atom. The third-order valence-corrected chi connectivity index (χ3v) is 3.46. The molecule has 0 spiro atoms. The standard InChI is InChI=1S/C16H25NO3S/c1-16(2,18-3)8-11-19-9-5-10-20-14-7-4-6-13(12-14)15(17)21/h4,6-7,12H,5,8-11H2,1-3H3,(H2,17,21). The fourth-order valence-electron chi connectivity index (χ4n) is 1.61. The van der Waals surface area contributed by atoms with Crippen LogP contribution in [0.2, 0.25) is 0 Å². The molecular formula is C16H25NO3S. The molecule has 0 aliphatic carbocycles. The first-order chi connectivity index (χ1) is 9.94. The van der Waals surface area contributed by atoms with E-state index in [1.807, 2.05) is 38.1 Å². The maximum absolute atomic E-state index is 5.65. The van der Waals surface area contributed by atoms with Crippen molar-refractivity contribution >= 4 is 17.2 Å². The molecule has 0 bridgehead atoms. The second-order valence-electron chi connectivity index (χ2n) is 5.42.